The first-order chi connectivity index (χ1) is 18.1. The number of Topliss-reactive ketones (excluding diaryl/α,β-unsaturated/α-hetero) is 2. The van der Waals surface area contributed by atoms with Crippen LogP contribution in [0.3, 0.4) is 0 Å². The van der Waals surface area contributed by atoms with E-state index in [1.54, 1.807) is 0 Å². The molecule has 186 valence electrons. The van der Waals surface area contributed by atoms with Gasteiger partial charge >= 0.3 is 0 Å². The van der Waals surface area contributed by atoms with Crippen molar-refractivity contribution in [2.45, 2.75) is 56.8 Å². The van der Waals surface area contributed by atoms with Crippen LogP contribution in [0.2, 0.25) is 0 Å². The van der Waals surface area contributed by atoms with Crippen LogP contribution in [0.5, 0.6) is 0 Å². The molecule has 0 saturated heterocycles. The predicted octanol–water partition coefficient (Wildman–Crippen LogP) is 5.03. The standard InChI is InChI=1S/C31H30N4O2/c36-28(17-22-7-3-1-4-8-22)20-26-13-15-30(34-32-26)24-11-12-25(19-24)31-16-14-27(33-35-31)21-29(37)18-23-9-5-2-6-10-23/h1-10,13-16,24-25H,11-12,17-21H2/t24-,25-/m1/s1. The lowest BCUT2D eigenvalue weighted by Gasteiger charge is -2.11. The average Bonchev–Trinajstić information content (AvgIpc) is 3.41. The van der Waals surface area contributed by atoms with E-state index < -0.39 is 0 Å². The van der Waals surface area contributed by atoms with Crippen LogP contribution in [-0.4, -0.2) is 32.0 Å². The summed E-state index contributed by atoms with van der Waals surface area (Å²) in [6.45, 7) is 0. The molecule has 37 heavy (non-hydrogen) atoms. The molecular formula is C31H30N4O2. The molecule has 2 heterocycles. The van der Waals surface area contributed by atoms with Crippen molar-refractivity contribution in [1.29, 1.82) is 0 Å². The molecule has 0 unspecified atom stereocenters. The van der Waals surface area contributed by atoms with E-state index in [1.165, 1.54) is 0 Å². The molecule has 2 aromatic carbocycles. The van der Waals surface area contributed by atoms with E-state index in [0.717, 1.165) is 41.8 Å². The van der Waals surface area contributed by atoms with Crippen LogP contribution < -0.4 is 0 Å². The molecule has 5 rings (SSSR count). The highest BCUT2D eigenvalue weighted by molar-refractivity contribution is 5.83. The number of rotatable bonds is 10. The van der Waals surface area contributed by atoms with E-state index in [4.69, 9.17) is 0 Å². The summed E-state index contributed by atoms with van der Waals surface area (Å²) >= 11 is 0. The smallest absolute Gasteiger partial charge is 0.143 e. The number of hydrogen-bond acceptors (Lipinski definition) is 6. The molecule has 0 aliphatic heterocycles. The summed E-state index contributed by atoms with van der Waals surface area (Å²) in [5.74, 6) is 0.914. The quantitative estimate of drug-likeness (QED) is 0.310. The molecule has 0 bridgehead atoms. The van der Waals surface area contributed by atoms with Gasteiger partial charge in [0.05, 0.1) is 35.6 Å². The Hall–Kier alpha value is -4.06. The fourth-order valence-electron chi connectivity index (χ4n) is 5.06. The van der Waals surface area contributed by atoms with Gasteiger partial charge < -0.3 is 0 Å². The second kappa shape index (κ2) is 11.8. The maximum absolute atomic E-state index is 12.4. The van der Waals surface area contributed by atoms with Crippen LogP contribution in [-0.2, 0) is 35.3 Å². The number of aromatic nitrogens is 4. The Kier molecular flexibility index (Phi) is 7.84. The van der Waals surface area contributed by atoms with E-state index in [1.807, 2.05) is 84.9 Å². The van der Waals surface area contributed by atoms with Crippen LogP contribution in [0.25, 0.3) is 0 Å². The van der Waals surface area contributed by atoms with Crippen LogP contribution in [0.4, 0.5) is 0 Å². The van der Waals surface area contributed by atoms with Crippen molar-refractivity contribution in [1.82, 2.24) is 20.4 Å². The second-order valence-corrected chi connectivity index (χ2v) is 9.86. The molecule has 6 heteroatoms. The minimum absolute atomic E-state index is 0.137. The van der Waals surface area contributed by atoms with Crippen molar-refractivity contribution < 1.29 is 9.59 Å². The minimum Gasteiger partial charge on any atom is -0.299 e. The van der Waals surface area contributed by atoms with E-state index in [9.17, 15) is 9.59 Å². The zero-order chi connectivity index (χ0) is 25.5. The predicted molar refractivity (Wildman–Crippen MR) is 141 cm³/mol. The number of hydrogen-bond donors (Lipinski definition) is 0. The monoisotopic (exact) mass is 490 g/mol. The minimum atomic E-state index is 0.137. The van der Waals surface area contributed by atoms with Crippen molar-refractivity contribution >= 4 is 11.6 Å². The fraction of sp³-hybridized carbons (Fsp3) is 0.290. The van der Waals surface area contributed by atoms with E-state index in [-0.39, 0.29) is 11.6 Å². The third-order valence-electron chi connectivity index (χ3n) is 6.99. The summed E-state index contributed by atoms with van der Waals surface area (Å²) in [6.07, 6.45) is 4.40. The molecule has 1 aliphatic carbocycles. The molecule has 4 aromatic rings. The molecule has 0 amide bonds. The first-order valence-corrected chi connectivity index (χ1v) is 12.9. The van der Waals surface area contributed by atoms with Gasteiger partial charge in [-0.05, 0) is 54.7 Å². The third-order valence-corrected chi connectivity index (χ3v) is 6.99. The Labute approximate surface area is 217 Å². The van der Waals surface area contributed by atoms with Gasteiger partial charge in [-0.3, -0.25) is 9.59 Å². The maximum Gasteiger partial charge on any atom is 0.143 e. The molecular weight excluding hydrogens is 460 g/mol. The first kappa shape index (κ1) is 24.6. The molecule has 2 atom stereocenters. The highest BCUT2D eigenvalue weighted by Crippen LogP contribution is 2.42. The van der Waals surface area contributed by atoms with Gasteiger partial charge in [0.2, 0.25) is 0 Å². The lowest BCUT2D eigenvalue weighted by molar-refractivity contribution is -0.118. The number of carbonyl (C=O) groups is 2. The van der Waals surface area contributed by atoms with Crippen molar-refractivity contribution in [2.75, 3.05) is 0 Å². The topological polar surface area (TPSA) is 85.7 Å². The Bertz CT molecular complexity index is 1220. The zero-order valence-electron chi connectivity index (χ0n) is 20.8. The highest BCUT2D eigenvalue weighted by Gasteiger charge is 2.29. The van der Waals surface area contributed by atoms with Gasteiger partial charge in [0.25, 0.3) is 0 Å². The summed E-state index contributed by atoms with van der Waals surface area (Å²) in [5.41, 5.74) is 5.40. The Morgan fingerprint density at radius 2 is 0.973 bits per heavy atom. The Morgan fingerprint density at radius 3 is 1.35 bits per heavy atom. The Balaban J connectivity index is 1.12. The van der Waals surface area contributed by atoms with Crippen molar-refractivity contribution in [3.8, 4) is 0 Å². The second-order valence-electron chi connectivity index (χ2n) is 9.86. The number of carbonyl (C=O) groups excluding carboxylic acids is 2. The average molecular weight is 491 g/mol. The van der Waals surface area contributed by atoms with Gasteiger partial charge in [0.1, 0.15) is 11.6 Å². The van der Waals surface area contributed by atoms with E-state index >= 15 is 0 Å². The van der Waals surface area contributed by atoms with Gasteiger partial charge in [-0.15, -0.1) is 0 Å². The lowest BCUT2D eigenvalue weighted by atomic mass is 9.98. The molecule has 1 fully saturated rings. The van der Waals surface area contributed by atoms with E-state index in [2.05, 4.69) is 20.4 Å². The van der Waals surface area contributed by atoms with Crippen LogP contribution >= 0.6 is 0 Å². The van der Waals surface area contributed by atoms with Crippen LogP contribution in [0.15, 0.2) is 84.9 Å². The number of benzene rings is 2. The van der Waals surface area contributed by atoms with Gasteiger partial charge in [0, 0.05) is 24.7 Å². The zero-order valence-corrected chi connectivity index (χ0v) is 20.8. The summed E-state index contributed by atoms with van der Waals surface area (Å²) in [6, 6.07) is 27.4. The van der Waals surface area contributed by atoms with Gasteiger partial charge in [0.15, 0.2) is 0 Å². The normalized spacial score (nSPS) is 17.0. The highest BCUT2D eigenvalue weighted by atomic mass is 16.1. The molecule has 1 aliphatic rings. The molecule has 2 aromatic heterocycles. The van der Waals surface area contributed by atoms with Gasteiger partial charge in [-0.25, -0.2) is 0 Å². The number of ketones is 2. The first-order valence-electron chi connectivity index (χ1n) is 12.9. The molecule has 0 N–H and O–H groups in total. The molecule has 6 nitrogen and oxygen atoms in total. The van der Waals surface area contributed by atoms with Crippen LogP contribution in [0, 0.1) is 0 Å². The SMILES string of the molecule is O=C(Cc1ccccc1)Cc1ccc([C@@H]2CC[C@@H](c3ccc(CC(=O)Cc4ccccc4)nn3)C2)nn1. The Morgan fingerprint density at radius 1 is 0.541 bits per heavy atom. The lowest BCUT2D eigenvalue weighted by Crippen LogP contribution is -2.10. The molecule has 1 saturated carbocycles. The largest absolute Gasteiger partial charge is 0.299 e. The molecule has 0 radical (unpaired) electrons. The van der Waals surface area contributed by atoms with Gasteiger partial charge in [-0.1, -0.05) is 60.7 Å². The number of nitrogens with zero attached hydrogens (tertiary/aromatic N) is 4. The fourth-order valence-corrected chi connectivity index (χ4v) is 5.06. The van der Waals surface area contributed by atoms with Crippen molar-refractivity contribution in [3.63, 3.8) is 0 Å². The summed E-state index contributed by atoms with van der Waals surface area (Å²) in [4.78, 5) is 24.8. The maximum atomic E-state index is 12.4. The van der Waals surface area contributed by atoms with E-state index in [0.29, 0.717) is 48.9 Å². The van der Waals surface area contributed by atoms with Crippen LogP contribution in [0.1, 0.15) is 65.0 Å². The summed E-state index contributed by atoms with van der Waals surface area (Å²) in [5, 5.41) is 17.6. The summed E-state index contributed by atoms with van der Waals surface area (Å²) < 4.78 is 0. The molecule has 0 spiro atoms. The third kappa shape index (κ3) is 6.79. The van der Waals surface area contributed by atoms with Crippen molar-refractivity contribution in [2.24, 2.45) is 0 Å². The summed E-state index contributed by atoms with van der Waals surface area (Å²) in [7, 11) is 0. The van der Waals surface area contributed by atoms with Gasteiger partial charge in [-0.2, -0.15) is 20.4 Å². The van der Waals surface area contributed by atoms with Crippen molar-refractivity contribution in [3.05, 3.63) is 119 Å².